The topological polar surface area (TPSA) is 60.0 Å². The monoisotopic (exact) mass is 511 g/mol. The van der Waals surface area contributed by atoms with Gasteiger partial charge in [0.15, 0.2) is 5.96 Å². The van der Waals surface area contributed by atoms with Crippen molar-refractivity contribution >= 4 is 41.5 Å². The molecule has 1 saturated heterocycles. The van der Waals surface area contributed by atoms with E-state index in [1.165, 1.54) is 11.3 Å². The highest BCUT2D eigenvalue weighted by Crippen LogP contribution is 2.18. The summed E-state index contributed by atoms with van der Waals surface area (Å²) in [4.78, 5) is 21.2. The maximum Gasteiger partial charge on any atom is 0.225 e. The van der Waals surface area contributed by atoms with E-state index in [0.29, 0.717) is 6.54 Å². The lowest BCUT2D eigenvalue weighted by molar-refractivity contribution is -0.133. The quantitative estimate of drug-likeness (QED) is 0.267. The molecule has 1 aromatic rings. The fourth-order valence-corrected chi connectivity index (χ4v) is 3.63. The van der Waals surface area contributed by atoms with Crippen molar-refractivity contribution in [2.24, 2.45) is 10.9 Å². The second kappa shape index (κ2) is 11.4. The van der Waals surface area contributed by atoms with Gasteiger partial charge >= 0.3 is 0 Å². The average Bonchev–Trinajstić information content (AvgIpc) is 3.38. The number of amides is 1. The van der Waals surface area contributed by atoms with Crippen LogP contribution in [0.15, 0.2) is 41.4 Å². The van der Waals surface area contributed by atoms with Crippen molar-refractivity contribution in [3.8, 4) is 0 Å². The highest BCUT2D eigenvalue weighted by Gasteiger charge is 2.27. The van der Waals surface area contributed by atoms with Gasteiger partial charge in [-0.15, -0.1) is 24.0 Å². The standard InChI is InChI=1S/C22H33N5O.HI/c1-4-23-22(25-19-11-14-27(16-19)21(28)17(2)3)24-15-18-7-9-20(10-8-18)26-12-5-6-13-26;/h5-10,17,19H,4,11-16H2,1-3H3,(H2,23,24,25);1H. The minimum absolute atomic E-state index is 0. The predicted molar refractivity (Wildman–Crippen MR) is 131 cm³/mol. The summed E-state index contributed by atoms with van der Waals surface area (Å²) in [5, 5.41) is 6.82. The van der Waals surface area contributed by atoms with Crippen molar-refractivity contribution in [2.75, 3.05) is 37.6 Å². The molecule has 3 rings (SSSR count). The molecule has 160 valence electrons. The first-order valence-corrected chi connectivity index (χ1v) is 10.4. The van der Waals surface area contributed by atoms with E-state index in [4.69, 9.17) is 4.99 Å². The minimum atomic E-state index is 0. The van der Waals surface area contributed by atoms with Crippen molar-refractivity contribution in [1.82, 2.24) is 15.5 Å². The van der Waals surface area contributed by atoms with Gasteiger partial charge < -0.3 is 20.4 Å². The van der Waals surface area contributed by atoms with Crippen LogP contribution in [0.25, 0.3) is 0 Å². The number of rotatable bonds is 6. The maximum absolute atomic E-state index is 12.2. The molecule has 1 unspecified atom stereocenters. The third kappa shape index (κ3) is 6.62. The molecule has 0 spiro atoms. The van der Waals surface area contributed by atoms with E-state index in [2.05, 4.69) is 58.9 Å². The molecule has 0 bridgehead atoms. The highest BCUT2D eigenvalue weighted by atomic mass is 127. The van der Waals surface area contributed by atoms with Gasteiger partial charge in [0.1, 0.15) is 0 Å². The van der Waals surface area contributed by atoms with Crippen molar-refractivity contribution < 1.29 is 4.79 Å². The van der Waals surface area contributed by atoms with Crippen LogP contribution in [0.4, 0.5) is 5.69 Å². The number of carbonyl (C=O) groups is 1. The molecule has 1 amide bonds. The number of guanidine groups is 1. The summed E-state index contributed by atoms with van der Waals surface area (Å²) in [6.45, 7) is 11.0. The summed E-state index contributed by atoms with van der Waals surface area (Å²) in [5.74, 6) is 1.11. The molecule has 0 aliphatic carbocycles. The van der Waals surface area contributed by atoms with E-state index in [1.54, 1.807) is 0 Å². The number of anilines is 1. The zero-order valence-corrected chi connectivity index (χ0v) is 20.1. The van der Waals surface area contributed by atoms with Gasteiger partial charge in [-0.05, 0) is 31.0 Å². The zero-order chi connectivity index (χ0) is 19.9. The fourth-order valence-electron chi connectivity index (χ4n) is 3.63. The molecular formula is C22H34IN5O. The number of halogens is 1. The normalized spacial score (nSPS) is 18.9. The van der Waals surface area contributed by atoms with Gasteiger partial charge in [-0.3, -0.25) is 4.79 Å². The van der Waals surface area contributed by atoms with Crippen molar-refractivity contribution in [1.29, 1.82) is 0 Å². The van der Waals surface area contributed by atoms with Gasteiger partial charge in [-0.25, -0.2) is 4.99 Å². The average molecular weight is 511 g/mol. The first-order chi connectivity index (χ1) is 13.6. The molecular weight excluding hydrogens is 477 g/mol. The predicted octanol–water partition coefficient (Wildman–Crippen LogP) is 2.99. The number of carbonyl (C=O) groups excluding carboxylic acids is 1. The van der Waals surface area contributed by atoms with E-state index in [-0.39, 0.29) is 41.8 Å². The molecule has 0 aromatic heterocycles. The van der Waals surface area contributed by atoms with Crippen molar-refractivity contribution in [3.05, 3.63) is 42.0 Å². The van der Waals surface area contributed by atoms with E-state index >= 15 is 0 Å². The number of hydrogen-bond acceptors (Lipinski definition) is 3. The van der Waals surface area contributed by atoms with Gasteiger partial charge in [0.05, 0.1) is 6.54 Å². The van der Waals surface area contributed by atoms with Gasteiger partial charge in [0, 0.05) is 50.4 Å². The lowest BCUT2D eigenvalue weighted by atomic mass is 10.2. The summed E-state index contributed by atoms with van der Waals surface area (Å²) in [5.41, 5.74) is 2.44. The third-order valence-corrected chi connectivity index (χ3v) is 5.22. The fraction of sp³-hybridized carbons (Fsp3) is 0.545. The molecule has 29 heavy (non-hydrogen) atoms. The smallest absolute Gasteiger partial charge is 0.225 e. The number of aliphatic imine (C=N–C) groups is 1. The second-order valence-electron chi connectivity index (χ2n) is 7.81. The zero-order valence-electron chi connectivity index (χ0n) is 17.7. The van der Waals surface area contributed by atoms with Crippen LogP contribution < -0.4 is 15.5 Å². The van der Waals surface area contributed by atoms with Crippen LogP contribution in [0.3, 0.4) is 0 Å². The van der Waals surface area contributed by atoms with Gasteiger partial charge in [0.25, 0.3) is 0 Å². The van der Waals surface area contributed by atoms with Gasteiger partial charge in [-0.1, -0.05) is 38.1 Å². The third-order valence-electron chi connectivity index (χ3n) is 5.22. The Balaban J connectivity index is 0.00000300. The number of likely N-dealkylation sites (tertiary alicyclic amines) is 1. The summed E-state index contributed by atoms with van der Waals surface area (Å²) >= 11 is 0. The number of benzene rings is 1. The van der Waals surface area contributed by atoms with Crippen LogP contribution >= 0.6 is 24.0 Å². The Morgan fingerprint density at radius 1 is 1.21 bits per heavy atom. The second-order valence-corrected chi connectivity index (χ2v) is 7.81. The molecule has 0 radical (unpaired) electrons. The molecule has 2 aliphatic heterocycles. The van der Waals surface area contributed by atoms with Crippen LogP contribution in [0.1, 0.15) is 32.8 Å². The maximum atomic E-state index is 12.2. The summed E-state index contributed by atoms with van der Waals surface area (Å²) in [7, 11) is 0. The Labute approximate surface area is 191 Å². The Bertz CT molecular complexity index is 708. The first-order valence-electron chi connectivity index (χ1n) is 10.4. The summed E-state index contributed by atoms with van der Waals surface area (Å²) in [6.07, 6.45) is 5.36. The van der Waals surface area contributed by atoms with Crippen molar-refractivity contribution in [3.63, 3.8) is 0 Å². The SMILES string of the molecule is CCNC(=NCc1ccc(N2CC=CC2)cc1)NC1CCN(C(=O)C(C)C)C1.I. The van der Waals surface area contributed by atoms with Crippen LogP contribution in [-0.2, 0) is 11.3 Å². The number of nitrogens with zero attached hydrogens (tertiary/aromatic N) is 3. The lowest BCUT2D eigenvalue weighted by Gasteiger charge is -2.20. The van der Waals surface area contributed by atoms with Gasteiger partial charge in [-0.2, -0.15) is 0 Å². The van der Waals surface area contributed by atoms with E-state index in [9.17, 15) is 4.79 Å². The Morgan fingerprint density at radius 3 is 2.52 bits per heavy atom. The Hall–Kier alpha value is -1.77. The lowest BCUT2D eigenvalue weighted by Crippen LogP contribution is -2.45. The van der Waals surface area contributed by atoms with Crippen LogP contribution in [-0.4, -0.2) is 55.5 Å². The Kier molecular flexibility index (Phi) is 9.26. The summed E-state index contributed by atoms with van der Waals surface area (Å²) < 4.78 is 0. The molecule has 0 saturated carbocycles. The van der Waals surface area contributed by atoms with E-state index in [1.807, 2.05) is 18.7 Å². The molecule has 2 heterocycles. The van der Waals surface area contributed by atoms with Crippen LogP contribution in [0.2, 0.25) is 0 Å². The van der Waals surface area contributed by atoms with Gasteiger partial charge in [0.2, 0.25) is 5.91 Å². The number of hydrogen-bond donors (Lipinski definition) is 2. The van der Waals surface area contributed by atoms with E-state index < -0.39 is 0 Å². The molecule has 1 aromatic carbocycles. The molecule has 1 fully saturated rings. The van der Waals surface area contributed by atoms with Crippen molar-refractivity contribution in [2.45, 2.75) is 39.8 Å². The minimum Gasteiger partial charge on any atom is -0.364 e. The molecule has 2 N–H and O–H groups in total. The molecule has 6 nitrogen and oxygen atoms in total. The first kappa shape index (κ1) is 23.5. The van der Waals surface area contributed by atoms with Crippen LogP contribution in [0, 0.1) is 5.92 Å². The highest BCUT2D eigenvalue weighted by molar-refractivity contribution is 14.0. The Morgan fingerprint density at radius 2 is 1.90 bits per heavy atom. The molecule has 2 aliphatic rings. The number of nitrogens with one attached hydrogen (secondary N) is 2. The molecule has 7 heteroatoms. The van der Waals surface area contributed by atoms with E-state index in [0.717, 1.165) is 45.1 Å². The van der Waals surface area contributed by atoms with Crippen LogP contribution in [0.5, 0.6) is 0 Å². The summed E-state index contributed by atoms with van der Waals surface area (Å²) in [6, 6.07) is 8.90. The molecule has 1 atom stereocenters. The largest absolute Gasteiger partial charge is 0.364 e.